The van der Waals surface area contributed by atoms with Gasteiger partial charge in [-0.2, -0.15) is 0 Å². The summed E-state index contributed by atoms with van der Waals surface area (Å²) in [5.74, 6) is 0. The van der Waals surface area contributed by atoms with Gasteiger partial charge in [0.1, 0.15) is 5.58 Å². The van der Waals surface area contributed by atoms with Crippen molar-refractivity contribution in [2.45, 2.75) is 38.8 Å². The van der Waals surface area contributed by atoms with Crippen LogP contribution in [0.1, 0.15) is 30.9 Å². The first-order chi connectivity index (χ1) is 13.5. The largest absolute Gasteiger partial charge is 0.423 e. The highest BCUT2D eigenvalue weighted by atomic mass is 35.5. The summed E-state index contributed by atoms with van der Waals surface area (Å²) in [6.07, 6.45) is 3.43. The molecule has 6 heteroatoms. The molecule has 152 valence electrons. The average Bonchev–Trinajstić information content (AvgIpc) is 2.68. The van der Waals surface area contributed by atoms with E-state index in [0.29, 0.717) is 11.6 Å². The van der Waals surface area contributed by atoms with Gasteiger partial charge in [-0.3, -0.25) is 9.80 Å². The van der Waals surface area contributed by atoms with Gasteiger partial charge in [-0.15, -0.1) is 0 Å². The van der Waals surface area contributed by atoms with E-state index >= 15 is 0 Å². The molecule has 0 amide bonds. The fourth-order valence-electron chi connectivity index (χ4n) is 4.66. The van der Waals surface area contributed by atoms with E-state index in [4.69, 9.17) is 16.0 Å². The molecule has 2 aromatic rings. The van der Waals surface area contributed by atoms with Gasteiger partial charge in [0.25, 0.3) is 0 Å². The second-order valence-electron chi connectivity index (χ2n) is 8.25. The van der Waals surface area contributed by atoms with Gasteiger partial charge in [-0.25, -0.2) is 4.79 Å². The van der Waals surface area contributed by atoms with Gasteiger partial charge in [-0.1, -0.05) is 18.5 Å². The number of halogens is 1. The first-order valence-corrected chi connectivity index (χ1v) is 10.8. The third-order valence-electron chi connectivity index (χ3n) is 6.29. The molecule has 0 bridgehead atoms. The molecular weight excluding hydrogens is 374 g/mol. The third kappa shape index (κ3) is 4.28. The van der Waals surface area contributed by atoms with Gasteiger partial charge >= 0.3 is 5.63 Å². The van der Waals surface area contributed by atoms with Crippen LogP contribution in [0.4, 0.5) is 0 Å². The van der Waals surface area contributed by atoms with E-state index in [2.05, 4.69) is 28.7 Å². The van der Waals surface area contributed by atoms with Crippen molar-refractivity contribution in [2.24, 2.45) is 0 Å². The van der Waals surface area contributed by atoms with Crippen LogP contribution in [-0.4, -0.2) is 67.1 Å². The Morgan fingerprint density at radius 2 is 1.89 bits per heavy atom. The zero-order valence-corrected chi connectivity index (χ0v) is 17.7. The molecule has 0 spiro atoms. The van der Waals surface area contributed by atoms with Gasteiger partial charge in [0.2, 0.25) is 0 Å². The van der Waals surface area contributed by atoms with E-state index in [0.717, 1.165) is 60.7 Å². The van der Waals surface area contributed by atoms with E-state index < -0.39 is 0 Å². The number of aryl methyl sites for hydroxylation is 1. The molecule has 28 heavy (non-hydrogen) atoms. The number of likely N-dealkylation sites (tertiary alicyclic amines) is 1. The molecule has 5 nitrogen and oxygen atoms in total. The van der Waals surface area contributed by atoms with E-state index in [-0.39, 0.29) is 5.63 Å². The molecule has 2 aliphatic rings. The van der Waals surface area contributed by atoms with E-state index in [9.17, 15) is 4.79 Å². The predicted molar refractivity (Wildman–Crippen MR) is 114 cm³/mol. The zero-order valence-electron chi connectivity index (χ0n) is 16.9. The summed E-state index contributed by atoms with van der Waals surface area (Å²) in [5, 5.41) is 1.70. The van der Waals surface area contributed by atoms with Gasteiger partial charge in [0.15, 0.2) is 0 Å². The lowest BCUT2D eigenvalue weighted by Crippen LogP contribution is -2.54. The maximum Gasteiger partial charge on any atom is 0.336 e. The fraction of sp³-hybridized carbons (Fsp3) is 0.591. The van der Waals surface area contributed by atoms with Crippen molar-refractivity contribution in [3.63, 3.8) is 0 Å². The Morgan fingerprint density at radius 1 is 1.11 bits per heavy atom. The monoisotopic (exact) mass is 403 g/mol. The highest BCUT2D eigenvalue weighted by Gasteiger charge is 2.27. The molecule has 0 radical (unpaired) electrons. The SMILES string of the molecule is CCc1cc2oc(=O)cc(CN3CCN(C4CCCN(C)C4)CC3)c2cc1Cl. The van der Waals surface area contributed by atoms with Crippen LogP contribution in [0.5, 0.6) is 0 Å². The standard InChI is InChI=1S/C22H30ClN3O2/c1-3-16-11-21-19(13-20(16)23)17(12-22(27)28-21)14-25-7-9-26(10-8-25)18-5-4-6-24(2)15-18/h11-13,18H,3-10,14-15H2,1-2H3. The van der Waals surface area contributed by atoms with Crippen molar-refractivity contribution in [2.75, 3.05) is 46.3 Å². The predicted octanol–water partition coefficient (Wildman–Crippen LogP) is 3.22. The van der Waals surface area contributed by atoms with Gasteiger partial charge in [0, 0.05) is 61.8 Å². The van der Waals surface area contributed by atoms with Crippen molar-refractivity contribution < 1.29 is 4.42 Å². The van der Waals surface area contributed by atoms with Crippen LogP contribution >= 0.6 is 11.6 Å². The minimum atomic E-state index is -0.282. The Morgan fingerprint density at radius 3 is 2.61 bits per heavy atom. The molecule has 1 unspecified atom stereocenters. The molecule has 2 aliphatic heterocycles. The molecule has 1 aromatic carbocycles. The Hall–Kier alpha value is -1.40. The first-order valence-electron chi connectivity index (χ1n) is 10.4. The third-order valence-corrected chi connectivity index (χ3v) is 6.65. The number of hydrogen-bond acceptors (Lipinski definition) is 5. The van der Waals surface area contributed by atoms with Crippen molar-refractivity contribution in [3.05, 3.63) is 44.8 Å². The molecule has 2 fully saturated rings. The summed E-state index contributed by atoms with van der Waals surface area (Å²) in [6, 6.07) is 6.20. The van der Waals surface area contributed by atoms with Crippen LogP contribution in [0.25, 0.3) is 11.0 Å². The number of fused-ring (bicyclic) bond motifs is 1. The quantitative estimate of drug-likeness (QED) is 0.733. The van der Waals surface area contributed by atoms with E-state index in [1.165, 1.54) is 25.9 Å². The van der Waals surface area contributed by atoms with Crippen LogP contribution in [0.3, 0.4) is 0 Å². The Labute approximate surface area is 171 Å². The van der Waals surface area contributed by atoms with Crippen LogP contribution in [-0.2, 0) is 13.0 Å². The van der Waals surface area contributed by atoms with Gasteiger partial charge in [-0.05, 0) is 56.1 Å². The highest BCUT2D eigenvalue weighted by molar-refractivity contribution is 6.32. The van der Waals surface area contributed by atoms with Crippen molar-refractivity contribution in [1.82, 2.24) is 14.7 Å². The molecule has 4 rings (SSSR count). The maximum atomic E-state index is 12.1. The van der Waals surface area contributed by atoms with Gasteiger partial charge < -0.3 is 9.32 Å². The Kier molecular flexibility index (Phi) is 6.07. The maximum absolute atomic E-state index is 12.1. The molecule has 1 atom stereocenters. The fourth-order valence-corrected chi connectivity index (χ4v) is 4.95. The van der Waals surface area contributed by atoms with Crippen LogP contribution < -0.4 is 5.63 Å². The minimum absolute atomic E-state index is 0.282. The lowest BCUT2D eigenvalue weighted by atomic mass is 10.0. The highest BCUT2D eigenvalue weighted by Crippen LogP contribution is 2.27. The van der Waals surface area contributed by atoms with Crippen molar-refractivity contribution >= 4 is 22.6 Å². The molecule has 0 saturated carbocycles. The lowest BCUT2D eigenvalue weighted by Gasteiger charge is -2.42. The molecule has 1 aromatic heterocycles. The number of piperidine rings is 1. The number of likely N-dealkylation sites (N-methyl/N-ethyl adjacent to an activating group) is 1. The van der Waals surface area contributed by atoms with Crippen LogP contribution in [0.2, 0.25) is 5.02 Å². The van der Waals surface area contributed by atoms with Gasteiger partial charge in [0.05, 0.1) is 0 Å². The number of hydrogen-bond donors (Lipinski definition) is 0. The second kappa shape index (κ2) is 8.54. The molecule has 0 N–H and O–H groups in total. The zero-order chi connectivity index (χ0) is 19.7. The smallest absolute Gasteiger partial charge is 0.336 e. The number of piperazine rings is 1. The average molecular weight is 404 g/mol. The Balaban J connectivity index is 1.47. The topological polar surface area (TPSA) is 39.9 Å². The lowest BCUT2D eigenvalue weighted by molar-refractivity contribution is 0.0569. The summed E-state index contributed by atoms with van der Waals surface area (Å²) in [7, 11) is 2.23. The summed E-state index contributed by atoms with van der Waals surface area (Å²) >= 11 is 6.43. The number of benzene rings is 1. The number of nitrogens with zero attached hydrogens (tertiary/aromatic N) is 3. The summed E-state index contributed by atoms with van der Waals surface area (Å²) in [4.78, 5) is 19.6. The van der Waals surface area contributed by atoms with Crippen molar-refractivity contribution in [3.8, 4) is 0 Å². The van der Waals surface area contributed by atoms with Crippen molar-refractivity contribution in [1.29, 1.82) is 0 Å². The second-order valence-corrected chi connectivity index (χ2v) is 8.66. The normalized spacial score (nSPS) is 22.8. The number of rotatable bonds is 4. The first kappa shape index (κ1) is 19.9. The van der Waals surface area contributed by atoms with E-state index in [1.54, 1.807) is 6.07 Å². The summed E-state index contributed by atoms with van der Waals surface area (Å²) in [5.41, 5.74) is 2.39. The summed E-state index contributed by atoms with van der Waals surface area (Å²) < 4.78 is 5.45. The molecular formula is C22H30ClN3O2. The van der Waals surface area contributed by atoms with Crippen LogP contribution in [0, 0.1) is 0 Å². The molecule has 2 saturated heterocycles. The minimum Gasteiger partial charge on any atom is -0.423 e. The molecule has 0 aliphatic carbocycles. The summed E-state index contributed by atoms with van der Waals surface area (Å²) in [6.45, 7) is 9.48. The van der Waals surface area contributed by atoms with Crippen LogP contribution in [0.15, 0.2) is 27.4 Å². The van der Waals surface area contributed by atoms with E-state index in [1.807, 2.05) is 12.1 Å². The Bertz CT molecular complexity index is 889. The molecule has 3 heterocycles.